The standard InChI is InChI=1S/C8H10O.Y/c1-6-3-4-7(2)8(9)5-6;/h3-5,9H,1-2H3;. The molecule has 0 atom stereocenters. The zero-order valence-corrected chi connectivity index (χ0v) is 9.09. The fraction of sp³-hybridized carbons (Fsp3) is 0.250. The Labute approximate surface area is 86.3 Å². The van der Waals surface area contributed by atoms with Crippen LogP contribution >= 0.6 is 0 Å². The van der Waals surface area contributed by atoms with Crippen LogP contribution < -0.4 is 0 Å². The van der Waals surface area contributed by atoms with E-state index in [1.165, 1.54) is 0 Å². The molecule has 10 heavy (non-hydrogen) atoms. The Morgan fingerprint density at radius 3 is 2.20 bits per heavy atom. The first kappa shape index (κ1) is 10.1. The summed E-state index contributed by atoms with van der Waals surface area (Å²) in [5.74, 6) is 0.384. The summed E-state index contributed by atoms with van der Waals surface area (Å²) in [5, 5.41) is 9.10. The molecule has 0 aliphatic rings. The van der Waals surface area contributed by atoms with Gasteiger partial charge in [-0.05, 0) is 31.0 Å². The van der Waals surface area contributed by atoms with Gasteiger partial charge in [0.05, 0.1) is 0 Å². The van der Waals surface area contributed by atoms with Crippen molar-refractivity contribution in [2.75, 3.05) is 0 Å². The zero-order valence-electron chi connectivity index (χ0n) is 6.26. The van der Waals surface area contributed by atoms with Crippen molar-refractivity contribution in [1.82, 2.24) is 0 Å². The number of hydrogen-bond donors (Lipinski definition) is 1. The van der Waals surface area contributed by atoms with Crippen LogP contribution in [0.5, 0.6) is 5.75 Å². The molecule has 0 heterocycles. The third-order valence-corrected chi connectivity index (χ3v) is 1.36. The molecule has 0 aliphatic heterocycles. The second kappa shape index (κ2) is 4.10. The molecule has 1 radical (unpaired) electrons. The smallest absolute Gasteiger partial charge is 0.118 e. The molecule has 0 fully saturated rings. The summed E-state index contributed by atoms with van der Waals surface area (Å²) in [6.07, 6.45) is 0. The normalized spacial score (nSPS) is 8.60. The van der Waals surface area contributed by atoms with Crippen molar-refractivity contribution in [2.24, 2.45) is 0 Å². The van der Waals surface area contributed by atoms with Gasteiger partial charge >= 0.3 is 0 Å². The first-order chi connectivity index (χ1) is 4.20. The van der Waals surface area contributed by atoms with Gasteiger partial charge in [0, 0.05) is 32.7 Å². The number of hydrogen-bond acceptors (Lipinski definition) is 1. The van der Waals surface area contributed by atoms with E-state index in [0.717, 1.165) is 11.1 Å². The Bertz CT molecular complexity index is 220. The van der Waals surface area contributed by atoms with E-state index in [9.17, 15) is 0 Å². The molecule has 0 saturated heterocycles. The van der Waals surface area contributed by atoms with Crippen molar-refractivity contribution in [3.8, 4) is 5.75 Å². The second-order valence-corrected chi connectivity index (χ2v) is 2.29. The Kier molecular flexibility index (Phi) is 4.15. The Morgan fingerprint density at radius 2 is 1.80 bits per heavy atom. The summed E-state index contributed by atoms with van der Waals surface area (Å²) in [6, 6.07) is 5.65. The van der Waals surface area contributed by atoms with Crippen molar-refractivity contribution in [1.29, 1.82) is 0 Å². The number of phenolic OH excluding ortho intramolecular Hbond substituents is 1. The molecule has 0 unspecified atom stereocenters. The van der Waals surface area contributed by atoms with E-state index in [4.69, 9.17) is 5.11 Å². The molecule has 2 heteroatoms. The van der Waals surface area contributed by atoms with Gasteiger partial charge in [-0.15, -0.1) is 0 Å². The van der Waals surface area contributed by atoms with Crippen molar-refractivity contribution >= 4 is 0 Å². The number of aryl methyl sites for hydroxylation is 2. The molecule has 1 rings (SSSR count). The first-order valence-corrected chi connectivity index (χ1v) is 2.96. The van der Waals surface area contributed by atoms with Crippen LogP contribution in [0.3, 0.4) is 0 Å². The molecular weight excluding hydrogens is 201 g/mol. The van der Waals surface area contributed by atoms with E-state index in [2.05, 4.69) is 0 Å². The number of aromatic hydroxyl groups is 1. The van der Waals surface area contributed by atoms with Crippen LogP contribution in [0.4, 0.5) is 0 Å². The largest absolute Gasteiger partial charge is 0.508 e. The zero-order chi connectivity index (χ0) is 6.85. The summed E-state index contributed by atoms with van der Waals surface area (Å²) in [5.41, 5.74) is 2.03. The van der Waals surface area contributed by atoms with Crippen LogP contribution in [0.1, 0.15) is 11.1 Å². The van der Waals surface area contributed by atoms with Crippen LogP contribution in [0, 0.1) is 13.8 Å². The molecule has 51 valence electrons. The summed E-state index contributed by atoms with van der Waals surface area (Å²) in [7, 11) is 0. The maximum absolute atomic E-state index is 9.10. The van der Waals surface area contributed by atoms with E-state index < -0.39 is 0 Å². The van der Waals surface area contributed by atoms with Gasteiger partial charge in [0.2, 0.25) is 0 Å². The van der Waals surface area contributed by atoms with Crippen LogP contribution in [0.15, 0.2) is 18.2 Å². The van der Waals surface area contributed by atoms with E-state index in [1.807, 2.05) is 26.0 Å². The number of benzene rings is 1. The average molecular weight is 211 g/mol. The average Bonchev–Trinajstić information content (AvgIpc) is 1.80. The van der Waals surface area contributed by atoms with Crippen LogP contribution in [0.2, 0.25) is 0 Å². The quantitative estimate of drug-likeness (QED) is 0.695. The monoisotopic (exact) mass is 211 g/mol. The minimum Gasteiger partial charge on any atom is -0.508 e. The summed E-state index contributed by atoms with van der Waals surface area (Å²) < 4.78 is 0. The predicted octanol–water partition coefficient (Wildman–Crippen LogP) is 2.01. The van der Waals surface area contributed by atoms with Gasteiger partial charge in [-0.25, -0.2) is 0 Å². The van der Waals surface area contributed by atoms with E-state index in [1.54, 1.807) is 6.07 Å². The maximum Gasteiger partial charge on any atom is 0.118 e. The fourth-order valence-corrected chi connectivity index (χ4v) is 0.719. The molecule has 0 aliphatic carbocycles. The van der Waals surface area contributed by atoms with Gasteiger partial charge < -0.3 is 5.11 Å². The molecular formula is C8H10OY. The van der Waals surface area contributed by atoms with E-state index in [-0.39, 0.29) is 32.7 Å². The van der Waals surface area contributed by atoms with Crippen LogP contribution in [-0.2, 0) is 32.7 Å². The van der Waals surface area contributed by atoms with Crippen LogP contribution in [0.25, 0.3) is 0 Å². The molecule has 1 aromatic carbocycles. The summed E-state index contributed by atoms with van der Waals surface area (Å²) in [6.45, 7) is 3.84. The molecule has 0 aromatic heterocycles. The summed E-state index contributed by atoms with van der Waals surface area (Å²) in [4.78, 5) is 0. The number of rotatable bonds is 0. The molecule has 0 saturated carbocycles. The maximum atomic E-state index is 9.10. The Morgan fingerprint density at radius 1 is 1.20 bits per heavy atom. The SMILES string of the molecule is Cc1ccc(C)c(O)c1.[Y]. The Balaban J connectivity index is 0.000000810. The predicted molar refractivity (Wildman–Crippen MR) is 37.6 cm³/mol. The van der Waals surface area contributed by atoms with Gasteiger partial charge in [0.1, 0.15) is 5.75 Å². The second-order valence-electron chi connectivity index (χ2n) is 2.29. The third-order valence-electron chi connectivity index (χ3n) is 1.36. The van der Waals surface area contributed by atoms with Gasteiger partial charge in [-0.2, -0.15) is 0 Å². The fourth-order valence-electron chi connectivity index (χ4n) is 0.719. The molecule has 0 amide bonds. The molecule has 0 bridgehead atoms. The van der Waals surface area contributed by atoms with Crippen molar-refractivity contribution in [3.63, 3.8) is 0 Å². The number of phenols is 1. The topological polar surface area (TPSA) is 20.2 Å². The third kappa shape index (κ3) is 2.39. The Hall–Kier alpha value is 0.124. The van der Waals surface area contributed by atoms with Crippen LogP contribution in [-0.4, -0.2) is 5.11 Å². The van der Waals surface area contributed by atoms with Gasteiger partial charge in [0.25, 0.3) is 0 Å². The van der Waals surface area contributed by atoms with Crippen molar-refractivity contribution in [3.05, 3.63) is 29.3 Å². The van der Waals surface area contributed by atoms with Gasteiger partial charge in [-0.1, -0.05) is 12.1 Å². The van der Waals surface area contributed by atoms with Gasteiger partial charge in [0.15, 0.2) is 0 Å². The summed E-state index contributed by atoms with van der Waals surface area (Å²) >= 11 is 0. The minimum absolute atomic E-state index is 0. The molecule has 1 nitrogen and oxygen atoms in total. The van der Waals surface area contributed by atoms with E-state index in [0.29, 0.717) is 5.75 Å². The van der Waals surface area contributed by atoms with E-state index >= 15 is 0 Å². The van der Waals surface area contributed by atoms with Crippen molar-refractivity contribution < 1.29 is 37.8 Å². The van der Waals surface area contributed by atoms with Gasteiger partial charge in [-0.3, -0.25) is 0 Å². The minimum atomic E-state index is 0. The molecule has 1 aromatic rings. The molecule has 0 spiro atoms. The van der Waals surface area contributed by atoms with Crippen molar-refractivity contribution in [2.45, 2.75) is 13.8 Å². The first-order valence-electron chi connectivity index (χ1n) is 2.96. The molecule has 1 N–H and O–H groups in total.